The lowest BCUT2D eigenvalue weighted by molar-refractivity contribution is 0.521. The quantitative estimate of drug-likeness (QED) is 0.772. The predicted octanol–water partition coefficient (Wildman–Crippen LogP) is 3.55. The highest BCUT2D eigenvalue weighted by Gasteiger charge is 2.18. The Morgan fingerprint density at radius 3 is 2.54 bits per heavy atom. The number of halogens is 1. The Hall–Kier alpha value is -2.15. The summed E-state index contributed by atoms with van der Waals surface area (Å²) >= 11 is 6.33. The van der Waals surface area contributed by atoms with Gasteiger partial charge in [0, 0.05) is 14.1 Å². The van der Waals surface area contributed by atoms with E-state index in [9.17, 15) is 8.42 Å². The van der Waals surface area contributed by atoms with Crippen LogP contribution in [-0.4, -0.2) is 36.8 Å². The molecule has 0 bridgehead atoms. The van der Waals surface area contributed by atoms with Gasteiger partial charge in [-0.2, -0.15) is 0 Å². The molecule has 1 N–H and O–H groups in total. The number of aromatic nitrogens is 2. The molecule has 0 saturated carbocycles. The molecule has 1 aromatic heterocycles. The molecule has 0 radical (unpaired) electrons. The first-order valence-corrected chi connectivity index (χ1v) is 9.04. The summed E-state index contributed by atoms with van der Waals surface area (Å²) < 4.78 is 25.6. The summed E-state index contributed by atoms with van der Waals surface area (Å²) in [7, 11) is -0.495. The van der Waals surface area contributed by atoms with E-state index in [1.165, 1.54) is 24.5 Å². The molecule has 0 fully saturated rings. The molecule has 3 aromatic rings. The van der Waals surface area contributed by atoms with Crippen LogP contribution in [0.2, 0.25) is 0 Å². The molecule has 0 aliphatic carbocycles. The summed E-state index contributed by atoms with van der Waals surface area (Å²) in [5.41, 5.74) is 2.23. The van der Waals surface area contributed by atoms with Crippen LogP contribution < -0.4 is 0 Å². The average molecular weight is 362 g/mol. The van der Waals surface area contributed by atoms with Crippen molar-refractivity contribution in [3.63, 3.8) is 0 Å². The fourth-order valence-electron chi connectivity index (χ4n) is 2.24. The molecule has 0 atom stereocenters. The first-order chi connectivity index (χ1) is 11.4. The zero-order valence-corrected chi connectivity index (χ0v) is 14.8. The number of hydrogen-bond donors (Lipinski definition) is 1. The average Bonchev–Trinajstić information content (AvgIpc) is 2.99. The number of nitrogens with zero attached hydrogens (tertiary/aromatic N) is 2. The second-order valence-electron chi connectivity index (χ2n) is 5.45. The lowest BCUT2D eigenvalue weighted by atomic mass is 10.2. The maximum Gasteiger partial charge on any atom is 0.242 e. The molecule has 0 saturated heterocycles. The first-order valence-electron chi connectivity index (χ1n) is 7.23. The van der Waals surface area contributed by atoms with Crippen LogP contribution in [0.15, 0.2) is 53.4 Å². The van der Waals surface area contributed by atoms with Crippen LogP contribution in [0.3, 0.4) is 0 Å². The second-order valence-corrected chi connectivity index (χ2v) is 8.01. The van der Waals surface area contributed by atoms with E-state index in [4.69, 9.17) is 11.6 Å². The third-order valence-electron chi connectivity index (χ3n) is 3.55. The van der Waals surface area contributed by atoms with Gasteiger partial charge in [-0.05, 0) is 29.8 Å². The molecule has 0 aliphatic rings. The largest absolute Gasteiger partial charge is 0.337 e. The summed E-state index contributed by atoms with van der Waals surface area (Å²) in [6.07, 6.45) is 1.80. The van der Waals surface area contributed by atoms with Gasteiger partial charge >= 0.3 is 0 Å². The standard InChI is InChI=1S/C17H16ClN3O2S/c1-21(2)24(22,23)13-8-9-15-16(11-13)20-17(19-15)14(18)10-12-6-4-3-5-7-12/h3-11H,1-2H3,(H,19,20). The SMILES string of the molecule is CN(C)S(=O)(=O)c1ccc2nc(C(Cl)=Cc3ccccc3)[nH]c2c1. The second kappa shape index (κ2) is 6.39. The van der Waals surface area contributed by atoms with E-state index in [1.54, 1.807) is 18.2 Å². The van der Waals surface area contributed by atoms with Gasteiger partial charge in [0.15, 0.2) is 0 Å². The molecular weight excluding hydrogens is 346 g/mol. The lowest BCUT2D eigenvalue weighted by Gasteiger charge is -2.10. The summed E-state index contributed by atoms with van der Waals surface area (Å²) in [6.45, 7) is 0. The Morgan fingerprint density at radius 1 is 1.17 bits per heavy atom. The van der Waals surface area contributed by atoms with Crippen molar-refractivity contribution in [3.8, 4) is 0 Å². The third-order valence-corrected chi connectivity index (χ3v) is 5.65. The number of benzene rings is 2. The van der Waals surface area contributed by atoms with Crippen molar-refractivity contribution in [3.05, 3.63) is 59.9 Å². The van der Waals surface area contributed by atoms with Crippen molar-refractivity contribution in [2.24, 2.45) is 0 Å². The molecule has 0 spiro atoms. The van der Waals surface area contributed by atoms with Gasteiger partial charge < -0.3 is 4.98 Å². The molecular formula is C17H16ClN3O2S. The van der Waals surface area contributed by atoms with Crippen molar-refractivity contribution in [1.82, 2.24) is 14.3 Å². The predicted molar refractivity (Wildman–Crippen MR) is 97.1 cm³/mol. The van der Waals surface area contributed by atoms with Crippen LogP contribution in [0.5, 0.6) is 0 Å². The molecule has 5 nitrogen and oxygen atoms in total. The van der Waals surface area contributed by atoms with Gasteiger partial charge in [-0.25, -0.2) is 17.7 Å². The minimum Gasteiger partial charge on any atom is -0.337 e. The van der Waals surface area contributed by atoms with Crippen molar-refractivity contribution in [1.29, 1.82) is 0 Å². The Balaban J connectivity index is 2.02. The van der Waals surface area contributed by atoms with Crippen LogP contribution in [0.25, 0.3) is 22.1 Å². The Labute approximate surface area is 145 Å². The number of nitrogens with one attached hydrogen (secondary N) is 1. The van der Waals surface area contributed by atoms with E-state index in [0.717, 1.165) is 5.56 Å². The highest BCUT2D eigenvalue weighted by Crippen LogP contribution is 2.24. The minimum atomic E-state index is -3.49. The van der Waals surface area contributed by atoms with E-state index in [-0.39, 0.29) is 4.90 Å². The van der Waals surface area contributed by atoms with Gasteiger partial charge in [0.05, 0.1) is 21.0 Å². The fraction of sp³-hybridized carbons (Fsp3) is 0.118. The smallest absolute Gasteiger partial charge is 0.242 e. The normalized spacial score (nSPS) is 12.9. The summed E-state index contributed by atoms with van der Waals surface area (Å²) in [5.74, 6) is 0.495. The van der Waals surface area contributed by atoms with Gasteiger partial charge in [-0.15, -0.1) is 0 Å². The number of sulfonamides is 1. The van der Waals surface area contributed by atoms with Crippen molar-refractivity contribution >= 4 is 43.8 Å². The molecule has 124 valence electrons. The highest BCUT2D eigenvalue weighted by molar-refractivity contribution is 7.89. The number of imidazole rings is 1. The zero-order valence-electron chi connectivity index (χ0n) is 13.2. The molecule has 0 unspecified atom stereocenters. The van der Waals surface area contributed by atoms with E-state index in [2.05, 4.69) is 9.97 Å². The summed E-state index contributed by atoms with van der Waals surface area (Å²) in [4.78, 5) is 7.69. The van der Waals surface area contributed by atoms with E-state index in [0.29, 0.717) is 21.9 Å². The maximum absolute atomic E-state index is 12.2. The van der Waals surface area contributed by atoms with Gasteiger partial charge in [0.1, 0.15) is 5.82 Å². The number of hydrogen-bond acceptors (Lipinski definition) is 3. The molecule has 2 aromatic carbocycles. The number of aromatic amines is 1. The lowest BCUT2D eigenvalue weighted by Crippen LogP contribution is -2.22. The van der Waals surface area contributed by atoms with Gasteiger partial charge in [-0.3, -0.25) is 0 Å². The van der Waals surface area contributed by atoms with Gasteiger partial charge in [0.25, 0.3) is 0 Å². The van der Waals surface area contributed by atoms with Crippen molar-refractivity contribution in [2.45, 2.75) is 4.90 Å². The van der Waals surface area contributed by atoms with Crippen LogP contribution in [0.1, 0.15) is 11.4 Å². The number of fused-ring (bicyclic) bond motifs is 1. The molecule has 1 heterocycles. The third kappa shape index (κ3) is 3.21. The monoisotopic (exact) mass is 361 g/mol. The molecule has 7 heteroatoms. The van der Waals surface area contributed by atoms with E-state index >= 15 is 0 Å². The maximum atomic E-state index is 12.2. The molecule has 24 heavy (non-hydrogen) atoms. The van der Waals surface area contributed by atoms with Crippen LogP contribution >= 0.6 is 11.6 Å². The summed E-state index contributed by atoms with van der Waals surface area (Å²) in [6, 6.07) is 14.4. The van der Waals surface area contributed by atoms with Crippen molar-refractivity contribution in [2.75, 3.05) is 14.1 Å². The first kappa shape index (κ1) is 16.7. The molecule has 0 amide bonds. The van der Waals surface area contributed by atoms with Crippen molar-refractivity contribution < 1.29 is 8.42 Å². The fourth-order valence-corrected chi connectivity index (χ4v) is 3.38. The zero-order chi connectivity index (χ0) is 17.3. The van der Waals surface area contributed by atoms with Gasteiger partial charge in [-0.1, -0.05) is 41.9 Å². The molecule has 0 aliphatic heterocycles. The van der Waals surface area contributed by atoms with Crippen LogP contribution in [0, 0.1) is 0 Å². The topological polar surface area (TPSA) is 66.1 Å². The Kier molecular flexibility index (Phi) is 4.45. The van der Waals surface area contributed by atoms with Crippen LogP contribution in [-0.2, 0) is 10.0 Å². The highest BCUT2D eigenvalue weighted by atomic mass is 35.5. The number of H-pyrrole nitrogens is 1. The number of rotatable bonds is 4. The summed E-state index contributed by atoms with van der Waals surface area (Å²) in [5, 5.41) is 0.453. The molecule has 3 rings (SSSR count). The van der Waals surface area contributed by atoms with E-state index < -0.39 is 10.0 Å². The Bertz CT molecular complexity index is 1010. The Morgan fingerprint density at radius 2 is 1.88 bits per heavy atom. The van der Waals surface area contributed by atoms with Gasteiger partial charge in [0.2, 0.25) is 10.0 Å². The van der Waals surface area contributed by atoms with Crippen LogP contribution in [0.4, 0.5) is 0 Å². The minimum absolute atomic E-state index is 0.207. The van der Waals surface area contributed by atoms with E-state index in [1.807, 2.05) is 30.3 Å².